The van der Waals surface area contributed by atoms with Gasteiger partial charge in [0.25, 0.3) is 0 Å². The zero-order valence-electron chi connectivity index (χ0n) is 16.8. The summed E-state index contributed by atoms with van der Waals surface area (Å²) in [4.78, 5) is 12.7. The Morgan fingerprint density at radius 3 is 2.59 bits per heavy atom. The summed E-state index contributed by atoms with van der Waals surface area (Å²) in [6.07, 6.45) is 3.04. The number of aryl methyl sites for hydroxylation is 1. The normalized spacial score (nSPS) is 14.0. The van der Waals surface area contributed by atoms with Crippen LogP contribution in [0.25, 0.3) is 0 Å². The van der Waals surface area contributed by atoms with Gasteiger partial charge < -0.3 is 19.9 Å². The first kappa shape index (κ1) is 20.7. The first-order valence-electron chi connectivity index (χ1n) is 9.86. The fraction of sp³-hybridized carbons (Fsp3) is 0.391. The van der Waals surface area contributed by atoms with Gasteiger partial charge in [-0.05, 0) is 66.6 Å². The molecular formula is C23H26N2O4. The van der Waals surface area contributed by atoms with Crippen molar-refractivity contribution < 1.29 is 19.4 Å². The number of rotatable bonds is 9. The number of esters is 1. The van der Waals surface area contributed by atoms with Crippen molar-refractivity contribution in [3.63, 3.8) is 0 Å². The number of hydrogen-bond donors (Lipinski definition) is 2. The fourth-order valence-electron chi connectivity index (χ4n) is 3.38. The number of nitrogens with one attached hydrogen (secondary N) is 1. The Labute approximate surface area is 171 Å². The Hall–Kier alpha value is -3.04. The highest BCUT2D eigenvalue weighted by Gasteiger charge is 2.31. The number of carbonyl (C=O) groups excluding carboxylic acids is 1. The second-order valence-corrected chi connectivity index (χ2v) is 7.09. The lowest BCUT2D eigenvalue weighted by atomic mass is 9.95. The van der Waals surface area contributed by atoms with Crippen molar-refractivity contribution in [1.29, 1.82) is 5.26 Å². The zero-order chi connectivity index (χ0) is 20.8. The first-order valence-corrected chi connectivity index (χ1v) is 9.86. The number of methoxy groups -OCH3 is 1. The van der Waals surface area contributed by atoms with E-state index < -0.39 is 12.0 Å². The van der Waals surface area contributed by atoms with Gasteiger partial charge in [-0.1, -0.05) is 13.0 Å². The van der Waals surface area contributed by atoms with E-state index in [1.54, 1.807) is 24.3 Å². The van der Waals surface area contributed by atoms with Gasteiger partial charge in [-0.2, -0.15) is 5.26 Å². The van der Waals surface area contributed by atoms with E-state index in [9.17, 15) is 9.90 Å². The Morgan fingerprint density at radius 1 is 1.31 bits per heavy atom. The molecule has 1 aliphatic rings. The second-order valence-electron chi connectivity index (χ2n) is 7.09. The maximum absolute atomic E-state index is 12.7. The van der Waals surface area contributed by atoms with E-state index in [2.05, 4.69) is 17.5 Å². The summed E-state index contributed by atoms with van der Waals surface area (Å²) in [7, 11) is 1.36. The fourth-order valence-corrected chi connectivity index (χ4v) is 3.38. The van der Waals surface area contributed by atoms with Crippen LogP contribution in [-0.4, -0.2) is 31.4 Å². The van der Waals surface area contributed by atoms with Crippen molar-refractivity contribution in [1.82, 2.24) is 0 Å². The van der Waals surface area contributed by atoms with E-state index in [-0.39, 0.29) is 13.2 Å². The van der Waals surface area contributed by atoms with Crippen LogP contribution in [0.4, 0.5) is 5.69 Å². The molecule has 3 rings (SSSR count). The molecule has 2 aromatic rings. The molecule has 152 valence electrons. The van der Waals surface area contributed by atoms with E-state index in [0.717, 1.165) is 24.8 Å². The molecule has 0 amide bonds. The van der Waals surface area contributed by atoms with Crippen LogP contribution >= 0.6 is 0 Å². The zero-order valence-corrected chi connectivity index (χ0v) is 16.8. The number of aliphatic hydroxyl groups excluding tert-OH is 1. The van der Waals surface area contributed by atoms with E-state index >= 15 is 0 Å². The Balaban J connectivity index is 2.05. The van der Waals surface area contributed by atoms with Gasteiger partial charge in [-0.25, -0.2) is 4.79 Å². The summed E-state index contributed by atoms with van der Waals surface area (Å²) in [6.45, 7) is 2.08. The third-order valence-corrected chi connectivity index (χ3v) is 5.06. The molecule has 6 nitrogen and oxygen atoms in total. The molecule has 1 fully saturated rings. The van der Waals surface area contributed by atoms with Crippen molar-refractivity contribution in [2.75, 3.05) is 25.6 Å². The van der Waals surface area contributed by atoms with Gasteiger partial charge in [0.05, 0.1) is 25.3 Å². The van der Waals surface area contributed by atoms with Crippen LogP contribution in [0.15, 0.2) is 36.4 Å². The molecule has 0 spiro atoms. The summed E-state index contributed by atoms with van der Waals surface area (Å²) in [5, 5.41) is 21.5. The average Bonchev–Trinajstić information content (AvgIpc) is 3.61. The molecule has 0 bridgehead atoms. The van der Waals surface area contributed by atoms with Gasteiger partial charge in [0.15, 0.2) is 6.04 Å². The summed E-state index contributed by atoms with van der Waals surface area (Å²) < 4.78 is 10.9. The minimum absolute atomic E-state index is 0.112. The number of hydrogen-bond acceptors (Lipinski definition) is 6. The number of aliphatic hydroxyl groups is 1. The van der Waals surface area contributed by atoms with Gasteiger partial charge in [0.1, 0.15) is 12.4 Å². The highest BCUT2D eigenvalue weighted by molar-refractivity contribution is 5.82. The molecule has 2 aromatic carbocycles. The van der Waals surface area contributed by atoms with Crippen molar-refractivity contribution in [3.8, 4) is 11.8 Å². The number of carbonyl (C=O) groups is 1. The number of benzene rings is 2. The minimum Gasteiger partial charge on any atom is -0.491 e. The quantitative estimate of drug-likeness (QED) is 0.630. The third kappa shape index (κ3) is 4.87. The highest BCUT2D eigenvalue weighted by Crippen LogP contribution is 2.44. The lowest BCUT2D eigenvalue weighted by molar-refractivity contribution is -0.141. The predicted octanol–water partition coefficient (Wildman–Crippen LogP) is 3.70. The topological polar surface area (TPSA) is 91.6 Å². The van der Waals surface area contributed by atoms with Crippen molar-refractivity contribution in [2.45, 2.75) is 38.1 Å². The lowest BCUT2D eigenvalue weighted by Crippen LogP contribution is -2.24. The van der Waals surface area contributed by atoms with E-state index in [1.807, 2.05) is 13.0 Å². The Morgan fingerprint density at radius 2 is 2.03 bits per heavy atom. The molecule has 29 heavy (non-hydrogen) atoms. The molecule has 1 unspecified atom stereocenters. The smallest absolute Gasteiger partial charge is 0.333 e. The van der Waals surface area contributed by atoms with Crippen LogP contribution in [0.3, 0.4) is 0 Å². The third-order valence-electron chi connectivity index (χ3n) is 5.06. The van der Waals surface area contributed by atoms with Crippen LogP contribution in [0.1, 0.15) is 54.0 Å². The summed E-state index contributed by atoms with van der Waals surface area (Å²) >= 11 is 0. The van der Waals surface area contributed by atoms with E-state index in [4.69, 9.17) is 14.7 Å². The van der Waals surface area contributed by atoms with Gasteiger partial charge in [-0.3, -0.25) is 0 Å². The van der Waals surface area contributed by atoms with Crippen molar-refractivity contribution in [2.24, 2.45) is 0 Å². The maximum Gasteiger partial charge on any atom is 0.333 e. The minimum atomic E-state index is -0.773. The van der Waals surface area contributed by atoms with Gasteiger partial charge in [0, 0.05) is 11.3 Å². The van der Waals surface area contributed by atoms with E-state index in [1.165, 1.54) is 12.7 Å². The number of ether oxygens (including phenoxy) is 2. The molecule has 1 aliphatic carbocycles. The second kappa shape index (κ2) is 9.44. The molecule has 0 saturated heterocycles. The monoisotopic (exact) mass is 394 g/mol. The molecule has 2 N–H and O–H groups in total. The lowest BCUT2D eigenvalue weighted by Gasteiger charge is -2.24. The number of nitrogens with zero attached hydrogens (tertiary/aromatic N) is 1. The van der Waals surface area contributed by atoms with Crippen molar-refractivity contribution in [3.05, 3.63) is 58.7 Å². The summed E-state index contributed by atoms with van der Waals surface area (Å²) in [5.74, 6) is 0.694. The SMILES string of the molecule is CCc1cc(C2CC2)cc(C(Nc2ccc(C#N)cc2)C(=O)OC)c1OCCO. The molecule has 0 aliphatic heterocycles. The standard InChI is InChI=1S/C23H26N2O4/c1-3-16-12-18(17-6-7-17)13-20(22(16)29-11-10-26)21(23(27)28-2)25-19-8-4-15(14-24)5-9-19/h4-5,8-9,12-13,17,21,25-26H,3,6-7,10-11H2,1-2H3. The molecule has 0 heterocycles. The van der Waals surface area contributed by atoms with Crippen LogP contribution in [0, 0.1) is 11.3 Å². The van der Waals surface area contributed by atoms with Crippen LogP contribution in [0.5, 0.6) is 5.75 Å². The van der Waals surface area contributed by atoms with Crippen LogP contribution in [-0.2, 0) is 16.0 Å². The molecule has 1 saturated carbocycles. The largest absolute Gasteiger partial charge is 0.491 e. The van der Waals surface area contributed by atoms with Crippen molar-refractivity contribution >= 4 is 11.7 Å². The molecular weight excluding hydrogens is 368 g/mol. The van der Waals surface area contributed by atoms with Gasteiger partial charge >= 0.3 is 5.97 Å². The van der Waals surface area contributed by atoms with E-state index in [0.29, 0.717) is 28.5 Å². The molecule has 1 atom stereocenters. The maximum atomic E-state index is 12.7. The van der Waals surface area contributed by atoms with Crippen LogP contribution in [0.2, 0.25) is 0 Å². The molecule has 6 heteroatoms. The van der Waals surface area contributed by atoms with Gasteiger partial charge in [-0.15, -0.1) is 0 Å². The predicted molar refractivity (Wildman–Crippen MR) is 110 cm³/mol. The first-order chi connectivity index (χ1) is 14.1. The Bertz CT molecular complexity index is 898. The average molecular weight is 394 g/mol. The van der Waals surface area contributed by atoms with Crippen LogP contribution < -0.4 is 10.1 Å². The number of nitriles is 1. The highest BCUT2D eigenvalue weighted by atomic mass is 16.5. The number of anilines is 1. The Kier molecular flexibility index (Phi) is 6.73. The van der Waals surface area contributed by atoms with Gasteiger partial charge in [0.2, 0.25) is 0 Å². The summed E-state index contributed by atoms with van der Waals surface area (Å²) in [5.41, 5.74) is 4.15. The summed E-state index contributed by atoms with van der Waals surface area (Å²) in [6, 6.07) is 12.4. The molecule has 0 radical (unpaired) electrons. The molecule has 0 aromatic heterocycles.